The lowest BCUT2D eigenvalue weighted by atomic mass is 10.1. The van der Waals surface area contributed by atoms with E-state index in [1.807, 2.05) is 6.07 Å². The molecular formula is C18H23N5S. The van der Waals surface area contributed by atoms with Gasteiger partial charge in [-0.25, -0.2) is 0 Å². The average Bonchev–Trinajstić information content (AvgIpc) is 2.99. The van der Waals surface area contributed by atoms with Crippen molar-refractivity contribution in [1.82, 2.24) is 19.7 Å². The molecule has 0 unspecified atom stereocenters. The predicted octanol–water partition coefficient (Wildman–Crippen LogP) is 3.32. The Bertz CT molecular complexity index is 670. The van der Waals surface area contributed by atoms with Gasteiger partial charge in [0.15, 0.2) is 5.16 Å². The first-order valence-electron chi connectivity index (χ1n) is 8.55. The maximum Gasteiger partial charge on any atom is 0.191 e. The van der Waals surface area contributed by atoms with E-state index in [0.717, 1.165) is 42.9 Å². The standard InChI is InChI=1S/C18H23N5S/c19-10-7-13-24-18-21-20-17(15-22-11-5-2-6-12-22)23(18)14-16-8-3-1-4-9-16/h1,3-4,8-9H,2,5-7,11-15H2. The molecule has 0 aliphatic carbocycles. The lowest BCUT2D eigenvalue weighted by Crippen LogP contribution is -2.30. The van der Waals surface area contributed by atoms with Gasteiger partial charge in [-0.15, -0.1) is 10.2 Å². The quantitative estimate of drug-likeness (QED) is 0.571. The summed E-state index contributed by atoms with van der Waals surface area (Å²) < 4.78 is 2.21. The van der Waals surface area contributed by atoms with Crippen LogP contribution in [0, 0.1) is 11.3 Å². The zero-order chi connectivity index (χ0) is 16.6. The molecule has 2 aromatic rings. The molecule has 6 heteroatoms. The van der Waals surface area contributed by atoms with Gasteiger partial charge < -0.3 is 4.57 Å². The summed E-state index contributed by atoms with van der Waals surface area (Å²) in [6.45, 7) is 3.94. The van der Waals surface area contributed by atoms with Gasteiger partial charge in [-0.2, -0.15) is 5.26 Å². The lowest BCUT2D eigenvalue weighted by Gasteiger charge is -2.26. The van der Waals surface area contributed by atoms with Crippen molar-refractivity contribution in [2.24, 2.45) is 0 Å². The minimum Gasteiger partial charge on any atom is -0.300 e. The lowest BCUT2D eigenvalue weighted by molar-refractivity contribution is 0.213. The average molecular weight is 341 g/mol. The molecule has 2 heterocycles. The highest BCUT2D eigenvalue weighted by atomic mass is 32.2. The van der Waals surface area contributed by atoms with Crippen LogP contribution in [-0.2, 0) is 13.1 Å². The van der Waals surface area contributed by atoms with E-state index in [1.54, 1.807) is 11.8 Å². The number of aromatic nitrogens is 3. The van der Waals surface area contributed by atoms with Gasteiger partial charge in [-0.1, -0.05) is 48.5 Å². The van der Waals surface area contributed by atoms with Crippen molar-refractivity contribution in [2.75, 3.05) is 18.8 Å². The van der Waals surface area contributed by atoms with Crippen molar-refractivity contribution < 1.29 is 0 Å². The van der Waals surface area contributed by atoms with E-state index in [4.69, 9.17) is 5.26 Å². The molecule has 0 radical (unpaired) electrons. The molecule has 5 nitrogen and oxygen atoms in total. The number of nitriles is 1. The van der Waals surface area contributed by atoms with Gasteiger partial charge in [-0.05, 0) is 31.5 Å². The number of nitrogens with zero attached hydrogens (tertiary/aromatic N) is 5. The molecular weight excluding hydrogens is 318 g/mol. The van der Waals surface area contributed by atoms with Crippen LogP contribution in [0.25, 0.3) is 0 Å². The van der Waals surface area contributed by atoms with Gasteiger partial charge in [0.05, 0.1) is 19.2 Å². The van der Waals surface area contributed by atoms with Gasteiger partial charge in [0, 0.05) is 12.2 Å². The Labute approximate surface area is 147 Å². The summed E-state index contributed by atoms with van der Waals surface area (Å²) in [7, 11) is 0. The highest BCUT2D eigenvalue weighted by Gasteiger charge is 2.17. The molecule has 0 spiro atoms. The predicted molar refractivity (Wildman–Crippen MR) is 95.6 cm³/mol. The van der Waals surface area contributed by atoms with Crippen LogP contribution in [0.2, 0.25) is 0 Å². The van der Waals surface area contributed by atoms with Crippen molar-refractivity contribution >= 4 is 11.8 Å². The van der Waals surface area contributed by atoms with Gasteiger partial charge in [0.1, 0.15) is 5.82 Å². The van der Waals surface area contributed by atoms with Crippen molar-refractivity contribution in [3.05, 3.63) is 41.7 Å². The van der Waals surface area contributed by atoms with Crippen molar-refractivity contribution in [1.29, 1.82) is 5.26 Å². The number of likely N-dealkylation sites (tertiary alicyclic amines) is 1. The molecule has 1 fully saturated rings. The van der Waals surface area contributed by atoms with Crippen LogP contribution in [0.4, 0.5) is 0 Å². The Morgan fingerprint density at radius 2 is 1.83 bits per heavy atom. The third-order valence-corrected chi connectivity index (χ3v) is 5.20. The molecule has 0 bridgehead atoms. The molecule has 1 aromatic carbocycles. The van der Waals surface area contributed by atoms with Gasteiger partial charge in [0.2, 0.25) is 0 Å². The monoisotopic (exact) mass is 341 g/mol. The molecule has 1 aliphatic heterocycles. The summed E-state index contributed by atoms with van der Waals surface area (Å²) in [5.41, 5.74) is 1.25. The highest BCUT2D eigenvalue weighted by molar-refractivity contribution is 7.99. The summed E-state index contributed by atoms with van der Waals surface area (Å²) in [5, 5.41) is 18.5. The smallest absolute Gasteiger partial charge is 0.191 e. The Kier molecular flexibility index (Phi) is 6.27. The largest absolute Gasteiger partial charge is 0.300 e. The Hall–Kier alpha value is -1.84. The zero-order valence-electron chi connectivity index (χ0n) is 13.9. The Balaban J connectivity index is 1.77. The molecule has 3 rings (SSSR count). The summed E-state index contributed by atoms with van der Waals surface area (Å²) >= 11 is 1.62. The van der Waals surface area contributed by atoms with E-state index in [-0.39, 0.29) is 0 Å². The second-order valence-corrected chi connectivity index (χ2v) is 7.13. The maximum atomic E-state index is 8.76. The second-order valence-electron chi connectivity index (χ2n) is 6.06. The van der Waals surface area contributed by atoms with Crippen LogP contribution in [0.1, 0.15) is 37.1 Å². The number of rotatable bonds is 7. The fourth-order valence-corrected chi connectivity index (χ4v) is 3.77. The summed E-state index contributed by atoms with van der Waals surface area (Å²) in [6, 6.07) is 12.6. The van der Waals surface area contributed by atoms with Crippen LogP contribution in [-0.4, -0.2) is 38.5 Å². The van der Waals surface area contributed by atoms with E-state index in [2.05, 4.69) is 50.0 Å². The first-order chi connectivity index (χ1) is 11.9. The Morgan fingerprint density at radius 1 is 1.04 bits per heavy atom. The molecule has 1 saturated heterocycles. The molecule has 126 valence electrons. The van der Waals surface area contributed by atoms with Crippen LogP contribution < -0.4 is 0 Å². The minimum absolute atomic E-state index is 0.532. The third-order valence-electron chi connectivity index (χ3n) is 4.24. The van der Waals surface area contributed by atoms with Crippen molar-refractivity contribution in [3.63, 3.8) is 0 Å². The van der Waals surface area contributed by atoms with Gasteiger partial charge in [0.25, 0.3) is 0 Å². The first kappa shape index (κ1) is 17.0. The fraction of sp³-hybridized carbons (Fsp3) is 0.500. The SMILES string of the molecule is N#CCCSc1nnc(CN2CCCCC2)n1Cc1ccccc1. The minimum atomic E-state index is 0.532. The molecule has 1 aromatic heterocycles. The van der Waals surface area contributed by atoms with E-state index < -0.39 is 0 Å². The van der Waals surface area contributed by atoms with E-state index in [1.165, 1.54) is 24.8 Å². The van der Waals surface area contributed by atoms with Crippen molar-refractivity contribution in [3.8, 4) is 6.07 Å². The number of thioether (sulfide) groups is 1. The molecule has 0 N–H and O–H groups in total. The topological polar surface area (TPSA) is 57.7 Å². The maximum absolute atomic E-state index is 8.76. The van der Waals surface area contributed by atoms with Crippen LogP contribution >= 0.6 is 11.8 Å². The van der Waals surface area contributed by atoms with Crippen molar-refractivity contribution in [2.45, 2.75) is 43.9 Å². The highest BCUT2D eigenvalue weighted by Crippen LogP contribution is 2.21. The number of hydrogen-bond donors (Lipinski definition) is 0. The first-order valence-corrected chi connectivity index (χ1v) is 9.53. The third kappa shape index (κ3) is 4.59. The van der Waals surface area contributed by atoms with Gasteiger partial charge in [-0.3, -0.25) is 4.90 Å². The van der Waals surface area contributed by atoms with Crippen LogP contribution in [0.3, 0.4) is 0 Å². The van der Waals surface area contributed by atoms with Gasteiger partial charge >= 0.3 is 0 Å². The summed E-state index contributed by atoms with van der Waals surface area (Å²) in [6.07, 6.45) is 4.42. The fourth-order valence-electron chi connectivity index (χ4n) is 2.97. The normalized spacial score (nSPS) is 15.3. The second kappa shape index (κ2) is 8.86. The van der Waals surface area contributed by atoms with E-state index >= 15 is 0 Å². The number of hydrogen-bond acceptors (Lipinski definition) is 5. The summed E-state index contributed by atoms with van der Waals surface area (Å²) in [4.78, 5) is 2.47. The van der Waals surface area contributed by atoms with Crippen LogP contribution in [0.5, 0.6) is 0 Å². The van der Waals surface area contributed by atoms with E-state index in [0.29, 0.717) is 6.42 Å². The Morgan fingerprint density at radius 3 is 2.58 bits per heavy atom. The van der Waals surface area contributed by atoms with Crippen LogP contribution in [0.15, 0.2) is 35.5 Å². The number of benzene rings is 1. The molecule has 24 heavy (non-hydrogen) atoms. The summed E-state index contributed by atoms with van der Waals surface area (Å²) in [5.74, 6) is 1.79. The zero-order valence-corrected chi connectivity index (χ0v) is 14.7. The molecule has 0 amide bonds. The molecule has 1 aliphatic rings. The van der Waals surface area contributed by atoms with E-state index in [9.17, 15) is 0 Å². The molecule has 0 atom stereocenters. The number of piperidine rings is 1. The molecule has 0 saturated carbocycles.